The summed E-state index contributed by atoms with van der Waals surface area (Å²) in [7, 11) is -2.88. The van der Waals surface area contributed by atoms with Gasteiger partial charge in [0.15, 0.2) is 0 Å². The van der Waals surface area contributed by atoms with Crippen LogP contribution in [0.25, 0.3) is 5.78 Å². The van der Waals surface area contributed by atoms with Crippen LogP contribution in [0.4, 0.5) is 11.6 Å². The number of anilines is 2. The largest absolute Gasteiger partial charge is 0.363 e. The SMILES string of the molecule is CC(Nc1cc(N2CC(C3CCN(CCCS(C)(=O)=O)CC3)C2)nc2ncnn12)c1ccc(Cl)cc1Cl. The fourth-order valence-electron chi connectivity index (χ4n) is 5.41. The second-order valence-electron chi connectivity index (χ2n) is 10.3. The van der Waals surface area contributed by atoms with E-state index in [4.69, 9.17) is 28.2 Å². The van der Waals surface area contributed by atoms with Crippen molar-refractivity contribution in [2.75, 3.05) is 54.9 Å². The van der Waals surface area contributed by atoms with E-state index >= 15 is 0 Å². The molecule has 37 heavy (non-hydrogen) atoms. The molecule has 200 valence electrons. The first kappa shape index (κ1) is 26.5. The van der Waals surface area contributed by atoms with E-state index in [-0.39, 0.29) is 11.8 Å². The Morgan fingerprint density at radius 1 is 1.14 bits per heavy atom. The predicted octanol–water partition coefficient (Wildman–Crippen LogP) is 4.19. The van der Waals surface area contributed by atoms with Crippen molar-refractivity contribution in [3.05, 3.63) is 46.2 Å². The number of nitrogens with one attached hydrogen (secondary N) is 1. The first-order chi connectivity index (χ1) is 17.7. The Morgan fingerprint density at radius 2 is 1.89 bits per heavy atom. The molecule has 9 nitrogen and oxygen atoms in total. The third-order valence-corrected chi connectivity index (χ3v) is 9.15. The fourth-order valence-corrected chi connectivity index (χ4v) is 6.64. The molecule has 3 aromatic rings. The van der Waals surface area contributed by atoms with Crippen molar-refractivity contribution in [1.82, 2.24) is 24.5 Å². The Labute approximate surface area is 228 Å². The molecule has 0 bridgehead atoms. The summed E-state index contributed by atoms with van der Waals surface area (Å²) >= 11 is 12.5. The maximum absolute atomic E-state index is 11.4. The maximum atomic E-state index is 11.4. The standard InChI is InChI=1S/C25H33Cl2N7O2S/c1-17(21-5-4-20(26)12-22(21)27)30-24-13-23(31-25-28-16-29-34(24)25)33-14-19(15-33)18-6-9-32(10-7-18)8-3-11-37(2,35)36/h4-5,12-13,16-19,30H,3,6-11,14-15H2,1-2H3. The minimum absolute atomic E-state index is 0.0702. The summed E-state index contributed by atoms with van der Waals surface area (Å²) < 4.78 is 24.5. The van der Waals surface area contributed by atoms with Gasteiger partial charge in [-0.3, -0.25) is 0 Å². The highest BCUT2D eigenvalue weighted by Gasteiger charge is 2.36. The van der Waals surface area contributed by atoms with E-state index in [2.05, 4.69) is 25.2 Å². The zero-order valence-corrected chi connectivity index (χ0v) is 23.5. The second-order valence-corrected chi connectivity index (χ2v) is 13.4. The number of hydrogen-bond donors (Lipinski definition) is 1. The van der Waals surface area contributed by atoms with Crippen LogP contribution in [-0.4, -0.2) is 77.6 Å². The lowest BCUT2D eigenvalue weighted by atomic mass is 9.79. The van der Waals surface area contributed by atoms with Crippen LogP contribution >= 0.6 is 23.2 Å². The van der Waals surface area contributed by atoms with Crippen molar-refractivity contribution >= 4 is 50.5 Å². The third kappa shape index (κ3) is 6.30. The average molecular weight is 567 g/mol. The molecular formula is C25H33Cl2N7O2S. The van der Waals surface area contributed by atoms with E-state index in [9.17, 15) is 8.42 Å². The highest BCUT2D eigenvalue weighted by Crippen LogP contribution is 2.35. The van der Waals surface area contributed by atoms with Crippen LogP contribution in [0.5, 0.6) is 0 Å². The topological polar surface area (TPSA) is 95.7 Å². The summed E-state index contributed by atoms with van der Waals surface area (Å²) in [5, 5.41) is 9.09. The number of halogens is 2. The Bertz CT molecular complexity index is 1350. The van der Waals surface area contributed by atoms with Crippen molar-refractivity contribution in [2.24, 2.45) is 11.8 Å². The number of aromatic nitrogens is 4. The Balaban J connectivity index is 1.19. The van der Waals surface area contributed by atoms with Gasteiger partial charge in [-0.1, -0.05) is 29.3 Å². The molecule has 2 fully saturated rings. The minimum Gasteiger partial charge on any atom is -0.363 e. The van der Waals surface area contributed by atoms with Crippen molar-refractivity contribution < 1.29 is 8.42 Å². The Kier molecular flexibility index (Phi) is 7.81. The molecule has 1 N–H and O–H groups in total. The normalized spacial score (nSPS) is 18.8. The highest BCUT2D eigenvalue weighted by molar-refractivity contribution is 7.90. The van der Waals surface area contributed by atoms with Gasteiger partial charge in [-0.2, -0.15) is 19.6 Å². The number of sulfone groups is 1. The molecule has 2 aliphatic rings. The minimum atomic E-state index is -2.88. The number of benzene rings is 1. The number of fused-ring (bicyclic) bond motifs is 1. The maximum Gasteiger partial charge on any atom is 0.256 e. The molecule has 1 unspecified atom stereocenters. The molecule has 0 saturated carbocycles. The van der Waals surface area contributed by atoms with E-state index in [1.807, 2.05) is 25.1 Å². The molecule has 0 aliphatic carbocycles. The molecule has 1 atom stereocenters. The van der Waals surface area contributed by atoms with Gasteiger partial charge in [0.2, 0.25) is 0 Å². The molecule has 0 spiro atoms. The van der Waals surface area contributed by atoms with Gasteiger partial charge in [-0.05, 0) is 75.4 Å². The first-order valence-electron chi connectivity index (χ1n) is 12.7. The van der Waals surface area contributed by atoms with Crippen LogP contribution in [0.1, 0.15) is 37.8 Å². The van der Waals surface area contributed by atoms with Gasteiger partial charge in [0, 0.05) is 35.5 Å². The molecule has 2 aromatic heterocycles. The van der Waals surface area contributed by atoms with Gasteiger partial charge in [0.05, 0.1) is 11.8 Å². The fraction of sp³-hybridized carbons (Fsp3) is 0.560. The molecule has 0 amide bonds. The van der Waals surface area contributed by atoms with E-state index < -0.39 is 9.84 Å². The van der Waals surface area contributed by atoms with Crippen LogP contribution in [0.15, 0.2) is 30.6 Å². The summed E-state index contributed by atoms with van der Waals surface area (Å²) in [6, 6.07) is 7.48. The molecular weight excluding hydrogens is 533 g/mol. The molecule has 5 rings (SSSR count). The number of piperidine rings is 1. The highest BCUT2D eigenvalue weighted by atomic mass is 35.5. The zero-order valence-electron chi connectivity index (χ0n) is 21.1. The van der Waals surface area contributed by atoms with Gasteiger partial charge >= 0.3 is 0 Å². The third-order valence-electron chi connectivity index (χ3n) is 7.55. The van der Waals surface area contributed by atoms with E-state index in [1.165, 1.54) is 25.4 Å². The monoisotopic (exact) mass is 565 g/mol. The van der Waals surface area contributed by atoms with Crippen LogP contribution in [0.2, 0.25) is 10.0 Å². The lowest BCUT2D eigenvalue weighted by molar-refractivity contribution is 0.132. The van der Waals surface area contributed by atoms with Crippen LogP contribution in [-0.2, 0) is 9.84 Å². The van der Waals surface area contributed by atoms with Crippen molar-refractivity contribution in [2.45, 2.75) is 32.2 Å². The smallest absolute Gasteiger partial charge is 0.256 e. The van der Waals surface area contributed by atoms with Crippen molar-refractivity contribution in [3.8, 4) is 0 Å². The predicted molar refractivity (Wildman–Crippen MR) is 148 cm³/mol. The van der Waals surface area contributed by atoms with Crippen molar-refractivity contribution in [3.63, 3.8) is 0 Å². The second kappa shape index (κ2) is 10.9. The van der Waals surface area contributed by atoms with Gasteiger partial charge in [0.25, 0.3) is 5.78 Å². The van der Waals surface area contributed by atoms with Gasteiger partial charge < -0.3 is 15.1 Å². The summed E-state index contributed by atoms with van der Waals surface area (Å²) in [5.74, 6) is 3.88. The number of hydrogen-bond acceptors (Lipinski definition) is 8. The molecule has 2 aliphatic heterocycles. The van der Waals surface area contributed by atoms with E-state index in [0.717, 1.165) is 56.3 Å². The number of rotatable bonds is 9. The van der Waals surface area contributed by atoms with Crippen LogP contribution in [0.3, 0.4) is 0 Å². The van der Waals surface area contributed by atoms with Crippen LogP contribution < -0.4 is 10.2 Å². The quantitative estimate of drug-likeness (QED) is 0.412. The van der Waals surface area contributed by atoms with Crippen molar-refractivity contribution in [1.29, 1.82) is 0 Å². The van der Waals surface area contributed by atoms with E-state index in [1.54, 1.807) is 10.6 Å². The molecule has 0 radical (unpaired) electrons. The van der Waals surface area contributed by atoms with Crippen LogP contribution in [0, 0.1) is 11.8 Å². The van der Waals surface area contributed by atoms with E-state index in [0.29, 0.717) is 27.7 Å². The Morgan fingerprint density at radius 3 is 2.59 bits per heavy atom. The molecule has 12 heteroatoms. The average Bonchev–Trinajstić information content (AvgIpc) is 3.27. The summed E-state index contributed by atoms with van der Waals surface area (Å²) in [4.78, 5) is 13.8. The lowest BCUT2D eigenvalue weighted by Crippen LogP contribution is -2.52. The molecule has 1 aromatic carbocycles. The zero-order chi connectivity index (χ0) is 26.2. The summed E-state index contributed by atoms with van der Waals surface area (Å²) in [5.41, 5.74) is 0.948. The molecule has 4 heterocycles. The summed E-state index contributed by atoms with van der Waals surface area (Å²) in [6.07, 6.45) is 5.88. The summed E-state index contributed by atoms with van der Waals surface area (Å²) in [6.45, 7) is 6.98. The number of nitrogens with zero attached hydrogens (tertiary/aromatic N) is 6. The first-order valence-corrected chi connectivity index (χ1v) is 15.6. The van der Waals surface area contributed by atoms with Gasteiger partial charge in [-0.15, -0.1) is 0 Å². The molecule has 2 saturated heterocycles. The van der Waals surface area contributed by atoms with Gasteiger partial charge in [-0.25, -0.2) is 8.42 Å². The number of likely N-dealkylation sites (tertiary alicyclic amines) is 1. The van der Waals surface area contributed by atoms with Gasteiger partial charge in [0.1, 0.15) is 27.8 Å². The lowest BCUT2D eigenvalue weighted by Gasteiger charge is -2.46. The Hall–Kier alpha value is -2.14.